The monoisotopic (exact) mass is 1140 g/mol. The zero-order chi connectivity index (χ0) is 59.9. The van der Waals surface area contributed by atoms with Crippen molar-refractivity contribution in [1.29, 1.82) is 0 Å². The normalized spacial score (nSPS) is 13.1. The van der Waals surface area contributed by atoms with E-state index in [-0.39, 0.29) is 37.5 Å². The molecular weight excluding hydrogens is 1020 g/mol. The van der Waals surface area contributed by atoms with Crippen molar-refractivity contribution in [1.82, 2.24) is 0 Å². The van der Waals surface area contributed by atoms with Crippen LogP contribution >= 0.6 is 0 Å². The van der Waals surface area contributed by atoms with Crippen molar-refractivity contribution in [3.8, 4) is 0 Å². The number of ether oxygens (including phenoxy) is 3. The second-order valence-corrected chi connectivity index (χ2v) is 21.9. The van der Waals surface area contributed by atoms with Gasteiger partial charge in [-0.05, 0) is 135 Å². The van der Waals surface area contributed by atoms with Gasteiger partial charge in [0.25, 0.3) is 0 Å². The predicted molar refractivity (Wildman–Crippen MR) is 362 cm³/mol. The van der Waals surface area contributed by atoms with E-state index in [0.29, 0.717) is 19.3 Å². The van der Waals surface area contributed by atoms with Gasteiger partial charge < -0.3 is 14.2 Å². The number of rotatable bonds is 60. The van der Waals surface area contributed by atoms with Gasteiger partial charge in [-0.15, -0.1) is 0 Å². The average Bonchev–Trinajstić information content (AvgIpc) is 3.49. The molecule has 6 heteroatoms. The average molecular weight is 1150 g/mol. The first-order chi connectivity index (χ1) is 41.0. The summed E-state index contributed by atoms with van der Waals surface area (Å²) in [6.45, 7) is 6.26. The highest BCUT2D eigenvalue weighted by atomic mass is 16.6. The molecule has 0 saturated carbocycles. The molecule has 0 aliphatic rings. The lowest BCUT2D eigenvalue weighted by atomic mass is 10.0. The molecule has 0 saturated heterocycles. The van der Waals surface area contributed by atoms with Gasteiger partial charge in [-0.1, -0.05) is 294 Å². The molecule has 0 rings (SSSR count). The smallest absolute Gasteiger partial charge is 0.306 e. The third-order valence-electron chi connectivity index (χ3n) is 14.0. The van der Waals surface area contributed by atoms with Gasteiger partial charge in [-0.2, -0.15) is 0 Å². The second-order valence-electron chi connectivity index (χ2n) is 21.9. The molecule has 0 aromatic heterocycles. The molecule has 1 unspecified atom stereocenters. The van der Waals surface area contributed by atoms with Crippen LogP contribution in [-0.4, -0.2) is 37.2 Å². The van der Waals surface area contributed by atoms with Crippen LogP contribution in [-0.2, 0) is 28.6 Å². The Hall–Kier alpha value is -4.97. The molecule has 0 bridgehead atoms. The van der Waals surface area contributed by atoms with E-state index in [1.807, 2.05) is 0 Å². The molecule has 1 atom stereocenters. The van der Waals surface area contributed by atoms with Crippen LogP contribution in [0, 0.1) is 0 Å². The third kappa shape index (κ3) is 67.7. The number of carbonyl (C=O) groups excluding carboxylic acids is 3. The van der Waals surface area contributed by atoms with Crippen molar-refractivity contribution in [2.24, 2.45) is 0 Å². The minimum absolute atomic E-state index is 0.108. The predicted octanol–water partition coefficient (Wildman–Crippen LogP) is 23.7. The molecular formula is C77H124O6. The summed E-state index contributed by atoms with van der Waals surface area (Å²) in [4.78, 5) is 38.4. The minimum atomic E-state index is -0.820. The zero-order valence-electron chi connectivity index (χ0n) is 53.7. The van der Waals surface area contributed by atoms with Crippen molar-refractivity contribution in [2.45, 2.75) is 297 Å². The van der Waals surface area contributed by atoms with Crippen LogP contribution < -0.4 is 0 Å². The molecule has 0 aliphatic carbocycles. The van der Waals surface area contributed by atoms with E-state index in [0.717, 1.165) is 135 Å². The SMILES string of the molecule is CC/C=C\C/C=C\C/C=C\C/C=C\C/C=C\CCCCCCCCCCCCCCCCCC(=O)OCC(COC(=O)CCCCCCCCC/C=C\C/C=C\C/C=C\CC)OC(=O)CCC/C=C\C/C=C\C/C=C\C/C=C\C/C=C\CC. The van der Waals surface area contributed by atoms with Gasteiger partial charge >= 0.3 is 17.9 Å². The highest BCUT2D eigenvalue weighted by molar-refractivity contribution is 5.71. The fraction of sp³-hybridized carbons (Fsp3) is 0.623. The van der Waals surface area contributed by atoms with E-state index in [2.05, 4.69) is 179 Å². The number of esters is 3. The molecule has 0 fully saturated rings. The zero-order valence-corrected chi connectivity index (χ0v) is 53.7. The molecule has 0 aromatic carbocycles. The van der Waals surface area contributed by atoms with E-state index >= 15 is 0 Å². The lowest BCUT2D eigenvalue weighted by Gasteiger charge is -2.18. The highest BCUT2D eigenvalue weighted by Crippen LogP contribution is 2.16. The van der Waals surface area contributed by atoms with E-state index in [1.54, 1.807) is 0 Å². The molecule has 0 amide bonds. The fourth-order valence-electron chi connectivity index (χ4n) is 9.05. The molecule has 0 spiro atoms. The summed E-state index contributed by atoms with van der Waals surface area (Å²) in [7, 11) is 0. The lowest BCUT2D eigenvalue weighted by molar-refractivity contribution is -0.167. The summed E-state index contributed by atoms with van der Waals surface area (Å²) in [5, 5.41) is 0. The summed E-state index contributed by atoms with van der Waals surface area (Å²) in [5.41, 5.74) is 0. The highest BCUT2D eigenvalue weighted by Gasteiger charge is 2.19. The van der Waals surface area contributed by atoms with Crippen molar-refractivity contribution < 1.29 is 28.6 Å². The maximum Gasteiger partial charge on any atom is 0.306 e. The van der Waals surface area contributed by atoms with Gasteiger partial charge in [0.05, 0.1) is 0 Å². The Bertz CT molecular complexity index is 1840. The van der Waals surface area contributed by atoms with Crippen LogP contribution in [0.25, 0.3) is 0 Å². The van der Waals surface area contributed by atoms with Gasteiger partial charge in [0.1, 0.15) is 13.2 Å². The van der Waals surface area contributed by atoms with Crippen LogP contribution in [0.5, 0.6) is 0 Å². The van der Waals surface area contributed by atoms with Crippen molar-refractivity contribution in [3.63, 3.8) is 0 Å². The van der Waals surface area contributed by atoms with Gasteiger partial charge in [0.2, 0.25) is 0 Å². The molecule has 83 heavy (non-hydrogen) atoms. The maximum atomic E-state index is 12.9. The Morgan fingerprint density at radius 3 is 0.711 bits per heavy atom. The minimum Gasteiger partial charge on any atom is -0.462 e. The van der Waals surface area contributed by atoms with Gasteiger partial charge in [-0.3, -0.25) is 14.4 Å². The number of hydrogen-bond acceptors (Lipinski definition) is 6. The topological polar surface area (TPSA) is 78.9 Å². The van der Waals surface area contributed by atoms with Crippen molar-refractivity contribution >= 4 is 17.9 Å². The van der Waals surface area contributed by atoms with Gasteiger partial charge in [0, 0.05) is 19.3 Å². The standard InChI is InChI=1S/C77H124O6/c1-4-7-10-13-16-19-22-25-28-31-32-33-34-35-36-37-38-39-40-41-42-43-44-47-49-52-55-58-61-64-67-70-76(79)82-73-74(83-77(80)71-68-65-62-59-56-53-50-46-30-27-24-21-18-15-12-9-6-3)72-81-75(78)69-66-63-60-57-54-51-48-45-29-26-23-20-17-14-11-8-5-2/h7-12,16-21,25-30,32-33,35-36,50,53,59,62,74H,4-6,13-15,22-24,31,34,37-49,51-52,54-58,60-61,63-73H2,1-3H3/b10-7-,11-8-,12-9-,19-16-,20-17-,21-18-,28-25-,29-26-,30-27-,33-32-,36-35-,53-50-,62-59-. The fourth-order valence-corrected chi connectivity index (χ4v) is 9.05. The van der Waals surface area contributed by atoms with E-state index < -0.39 is 6.10 Å². The Balaban J connectivity index is 4.34. The quantitative estimate of drug-likeness (QED) is 0.0261. The number of allylic oxidation sites excluding steroid dienone is 26. The number of hydrogen-bond donors (Lipinski definition) is 0. The van der Waals surface area contributed by atoms with Crippen LogP contribution in [0.2, 0.25) is 0 Å². The Morgan fingerprint density at radius 2 is 0.446 bits per heavy atom. The van der Waals surface area contributed by atoms with Crippen LogP contribution in [0.1, 0.15) is 290 Å². The van der Waals surface area contributed by atoms with Crippen LogP contribution in [0.15, 0.2) is 158 Å². The maximum absolute atomic E-state index is 12.9. The Kier molecular flexibility index (Phi) is 65.4. The molecule has 0 heterocycles. The molecule has 0 radical (unpaired) electrons. The number of unbranched alkanes of at least 4 members (excludes halogenated alkanes) is 23. The largest absolute Gasteiger partial charge is 0.462 e. The molecule has 468 valence electrons. The van der Waals surface area contributed by atoms with Crippen molar-refractivity contribution in [3.05, 3.63) is 158 Å². The molecule has 0 aromatic rings. The Morgan fingerprint density at radius 1 is 0.241 bits per heavy atom. The first-order valence-corrected chi connectivity index (χ1v) is 34.0. The molecule has 6 nitrogen and oxygen atoms in total. The summed E-state index contributed by atoms with van der Waals surface area (Å²) >= 11 is 0. The van der Waals surface area contributed by atoms with E-state index in [1.165, 1.54) is 109 Å². The molecule has 0 N–H and O–H groups in total. The van der Waals surface area contributed by atoms with Gasteiger partial charge in [-0.25, -0.2) is 0 Å². The van der Waals surface area contributed by atoms with Crippen LogP contribution in [0.3, 0.4) is 0 Å². The first-order valence-electron chi connectivity index (χ1n) is 34.0. The van der Waals surface area contributed by atoms with E-state index in [9.17, 15) is 14.4 Å². The second kappa shape index (κ2) is 69.5. The van der Waals surface area contributed by atoms with Crippen LogP contribution in [0.4, 0.5) is 0 Å². The number of carbonyl (C=O) groups is 3. The summed E-state index contributed by atoms with van der Waals surface area (Å²) < 4.78 is 16.9. The van der Waals surface area contributed by atoms with E-state index in [4.69, 9.17) is 14.2 Å². The third-order valence-corrected chi connectivity index (χ3v) is 14.0. The van der Waals surface area contributed by atoms with Gasteiger partial charge in [0.15, 0.2) is 6.10 Å². The molecule has 0 aliphatic heterocycles. The lowest BCUT2D eigenvalue weighted by Crippen LogP contribution is -2.30. The first kappa shape index (κ1) is 78.0. The Labute approximate surface area is 511 Å². The summed E-state index contributed by atoms with van der Waals surface area (Å²) in [6.07, 6.45) is 101. The summed E-state index contributed by atoms with van der Waals surface area (Å²) in [6, 6.07) is 0. The van der Waals surface area contributed by atoms with Crippen molar-refractivity contribution in [2.75, 3.05) is 13.2 Å². The summed E-state index contributed by atoms with van der Waals surface area (Å²) in [5.74, 6) is -0.975.